The molecular formula is C23H27N3O4S. The van der Waals surface area contributed by atoms with E-state index < -0.39 is 5.97 Å². The van der Waals surface area contributed by atoms with Gasteiger partial charge in [-0.1, -0.05) is 17.4 Å². The van der Waals surface area contributed by atoms with Gasteiger partial charge in [-0.25, -0.2) is 9.78 Å². The van der Waals surface area contributed by atoms with E-state index in [1.807, 2.05) is 33.2 Å². The van der Waals surface area contributed by atoms with Gasteiger partial charge in [0.1, 0.15) is 11.3 Å². The van der Waals surface area contributed by atoms with Crippen LogP contribution in [0.5, 0.6) is 5.75 Å². The van der Waals surface area contributed by atoms with Crippen molar-refractivity contribution in [3.05, 3.63) is 53.1 Å². The third-order valence-corrected chi connectivity index (χ3v) is 6.14. The lowest BCUT2D eigenvalue weighted by Crippen LogP contribution is -2.33. The van der Waals surface area contributed by atoms with Gasteiger partial charge < -0.3 is 14.4 Å². The molecule has 7 nitrogen and oxygen atoms in total. The lowest BCUT2D eigenvalue weighted by Gasteiger charge is -2.21. The number of rotatable bonds is 8. The van der Waals surface area contributed by atoms with E-state index in [2.05, 4.69) is 4.90 Å². The van der Waals surface area contributed by atoms with Crippen molar-refractivity contribution in [3.8, 4) is 5.75 Å². The van der Waals surface area contributed by atoms with Crippen LogP contribution in [0.4, 0.5) is 5.13 Å². The van der Waals surface area contributed by atoms with E-state index in [4.69, 9.17) is 14.5 Å². The van der Waals surface area contributed by atoms with Crippen LogP contribution in [0.25, 0.3) is 10.2 Å². The largest absolute Gasteiger partial charge is 0.494 e. The summed E-state index contributed by atoms with van der Waals surface area (Å²) >= 11 is 1.48. The van der Waals surface area contributed by atoms with Crippen molar-refractivity contribution < 1.29 is 19.1 Å². The fraction of sp³-hybridized carbons (Fsp3) is 0.348. The first-order valence-corrected chi connectivity index (χ1v) is 10.8. The first kappa shape index (κ1) is 22.7. The van der Waals surface area contributed by atoms with E-state index in [0.29, 0.717) is 28.6 Å². The fourth-order valence-corrected chi connectivity index (χ4v) is 4.31. The number of anilines is 1. The van der Waals surface area contributed by atoms with Gasteiger partial charge in [0.2, 0.25) is 0 Å². The smallest absolute Gasteiger partial charge is 0.337 e. The molecule has 1 heterocycles. The predicted molar refractivity (Wildman–Crippen MR) is 124 cm³/mol. The Labute approximate surface area is 186 Å². The fourth-order valence-electron chi connectivity index (χ4n) is 3.23. The van der Waals surface area contributed by atoms with Crippen LogP contribution in [0.15, 0.2) is 36.4 Å². The molecule has 0 fully saturated rings. The number of nitrogens with zero attached hydrogens (tertiary/aromatic N) is 3. The van der Waals surface area contributed by atoms with Crippen LogP contribution in [0.1, 0.15) is 32.7 Å². The Morgan fingerprint density at radius 1 is 1.00 bits per heavy atom. The highest BCUT2D eigenvalue weighted by Crippen LogP contribution is 2.36. The highest BCUT2D eigenvalue weighted by Gasteiger charge is 2.23. The molecule has 0 aliphatic carbocycles. The normalized spacial score (nSPS) is 11.0. The standard InChI is InChI=1S/C23H27N3O4S/c1-15-7-12-18(29-4)19-20(15)31-23(24-19)26(14-6-13-25(2)3)21(27)16-8-10-17(11-9-16)22(28)30-5/h7-12H,6,13-14H2,1-5H3. The summed E-state index contributed by atoms with van der Waals surface area (Å²) in [5.41, 5.74) is 2.73. The Morgan fingerprint density at radius 3 is 2.29 bits per heavy atom. The number of amides is 1. The Bertz CT molecular complexity index is 1080. The average Bonchev–Trinajstić information content (AvgIpc) is 3.22. The summed E-state index contributed by atoms with van der Waals surface area (Å²) in [5, 5.41) is 0.628. The Kier molecular flexibility index (Phi) is 7.25. The van der Waals surface area contributed by atoms with E-state index >= 15 is 0 Å². The molecule has 31 heavy (non-hydrogen) atoms. The molecule has 0 aliphatic rings. The third kappa shape index (κ3) is 5.03. The first-order valence-electron chi connectivity index (χ1n) is 9.94. The summed E-state index contributed by atoms with van der Waals surface area (Å²) < 4.78 is 11.2. The van der Waals surface area contributed by atoms with Gasteiger partial charge in [-0.05, 0) is 69.9 Å². The van der Waals surface area contributed by atoms with Crippen molar-refractivity contribution in [2.24, 2.45) is 0 Å². The zero-order valence-corrected chi connectivity index (χ0v) is 19.3. The van der Waals surface area contributed by atoms with Crippen LogP contribution in [0, 0.1) is 6.92 Å². The zero-order chi connectivity index (χ0) is 22.5. The molecule has 0 bridgehead atoms. The Morgan fingerprint density at radius 2 is 1.68 bits per heavy atom. The minimum Gasteiger partial charge on any atom is -0.494 e. The van der Waals surface area contributed by atoms with Gasteiger partial charge in [0.05, 0.1) is 24.5 Å². The number of carbonyl (C=O) groups excluding carboxylic acids is 2. The number of ether oxygens (including phenoxy) is 2. The van der Waals surface area contributed by atoms with E-state index in [1.165, 1.54) is 18.4 Å². The summed E-state index contributed by atoms with van der Waals surface area (Å²) in [7, 11) is 6.95. The molecular weight excluding hydrogens is 414 g/mol. The number of aryl methyl sites for hydroxylation is 1. The molecule has 0 unspecified atom stereocenters. The van der Waals surface area contributed by atoms with Gasteiger partial charge in [0.15, 0.2) is 5.13 Å². The number of fused-ring (bicyclic) bond motifs is 1. The molecule has 164 valence electrons. The quantitative estimate of drug-likeness (QED) is 0.492. The zero-order valence-electron chi connectivity index (χ0n) is 18.5. The molecule has 1 amide bonds. The monoisotopic (exact) mass is 441 g/mol. The number of benzene rings is 2. The number of thiazole rings is 1. The highest BCUT2D eigenvalue weighted by atomic mass is 32.1. The summed E-state index contributed by atoms with van der Waals surface area (Å²) in [6.45, 7) is 3.39. The van der Waals surface area contributed by atoms with Gasteiger partial charge >= 0.3 is 5.97 Å². The van der Waals surface area contributed by atoms with Crippen LogP contribution in [0.2, 0.25) is 0 Å². The molecule has 0 atom stereocenters. The van der Waals surface area contributed by atoms with Crippen LogP contribution < -0.4 is 9.64 Å². The maximum atomic E-state index is 13.4. The Balaban J connectivity index is 1.98. The molecule has 0 spiro atoms. The molecule has 3 rings (SSSR count). The van der Waals surface area contributed by atoms with Gasteiger partial charge in [-0.3, -0.25) is 9.69 Å². The van der Waals surface area contributed by atoms with Gasteiger partial charge in [-0.15, -0.1) is 0 Å². The van der Waals surface area contributed by atoms with Crippen LogP contribution in [-0.4, -0.2) is 63.2 Å². The van der Waals surface area contributed by atoms with Crippen molar-refractivity contribution in [1.82, 2.24) is 9.88 Å². The number of hydrogen-bond acceptors (Lipinski definition) is 7. The van der Waals surface area contributed by atoms with E-state index in [0.717, 1.165) is 28.7 Å². The lowest BCUT2D eigenvalue weighted by molar-refractivity contribution is 0.0600. The lowest BCUT2D eigenvalue weighted by atomic mass is 10.1. The maximum absolute atomic E-state index is 13.4. The molecule has 0 aliphatic heterocycles. The number of aromatic nitrogens is 1. The van der Waals surface area contributed by atoms with Crippen LogP contribution in [0.3, 0.4) is 0 Å². The summed E-state index contributed by atoms with van der Waals surface area (Å²) in [6.07, 6.45) is 0.797. The highest BCUT2D eigenvalue weighted by molar-refractivity contribution is 7.22. The molecule has 0 saturated heterocycles. The second-order valence-corrected chi connectivity index (χ2v) is 8.42. The van der Waals surface area contributed by atoms with Crippen molar-refractivity contribution >= 4 is 38.6 Å². The van der Waals surface area contributed by atoms with Gasteiger partial charge in [0, 0.05) is 12.1 Å². The average molecular weight is 442 g/mol. The molecule has 8 heteroatoms. The maximum Gasteiger partial charge on any atom is 0.337 e. The topological polar surface area (TPSA) is 72.0 Å². The van der Waals surface area contributed by atoms with E-state index in [1.54, 1.807) is 36.3 Å². The predicted octanol–water partition coefficient (Wildman–Crippen LogP) is 4.00. The second-order valence-electron chi connectivity index (χ2n) is 7.44. The number of hydrogen-bond donors (Lipinski definition) is 0. The van der Waals surface area contributed by atoms with Crippen molar-refractivity contribution in [2.75, 3.05) is 46.3 Å². The minimum atomic E-state index is -0.435. The van der Waals surface area contributed by atoms with Crippen LogP contribution >= 0.6 is 11.3 Å². The van der Waals surface area contributed by atoms with Crippen molar-refractivity contribution in [1.29, 1.82) is 0 Å². The van der Waals surface area contributed by atoms with Crippen LogP contribution in [-0.2, 0) is 4.74 Å². The second kappa shape index (κ2) is 9.89. The summed E-state index contributed by atoms with van der Waals surface area (Å²) in [5.74, 6) is 0.0904. The molecule has 3 aromatic rings. The third-order valence-electron chi connectivity index (χ3n) is 4.93. The molecule has 0 N–H and O–H groups in total. The molecule has 0 saturated carbocycles. The Hall–Kier alpha value is -2.97. The number of carbonyl (C=O) groups is 2. The van der Waals surface area contributed by atoms with Crippen molar-refractivity contribution in [3.63, 3.8) is 0 Å². The molecule has 0 radical (unpaired) electrons. The first-order chi connectivity index (χ1) is 14.8. The van der Waals surface area contributed by atoms with Gasteiger partial charge in [0.25, 0.3) is 5.91 Å². The summed E-state index contributed by atoms with van der Waals surface area (Å²) in [6, 6.07) is 10.4. The summed E-state index contributed by atoms with van der Waals surface area (Å²) in [4.78, 5) is 33.7. The molecule has 1 aromatic heterocycles. The minimum absolute atomic E-state index is 0.161. The van der Waals surface area contributed by atoms with Crippen molar-refractivity contribution in [2.45, 2.75) is 13.3 Å². The van der Waals surface area contributed by atoms with E-state index in [-0.39, 0.29) is 5.91 Å². The number of methoxy groups -OCH3 is 2. The number of esters is 1. The van der Waals surface area contributed by atoms with E-state index in [9.17, 15) is 9.59 Å². The van der Waals surface area contributed by atoms with Gasteiger partial charge in [-0.2, -0.15) is 0 Å². The SMILES string of the molecule is COC(=O)c1ccc(C(=O)N(CCCN(C)C)c2nc3c(OC)ccc(C)c3s2)cc1. The molecule has 2 aromatic carbocycles.